The fourth-order valence-electron chi connectivity index (χ4n) is 2.34. The Bertz CT molecular complexity index is 801. The molecule has 6 heteroatoms. The summed E-state index contributed by atoms with van der Waals surface area (Å²) in [7, 11) is 1.76. The van der Waals surface area contributed by atoms with Crippen molar-refractivity contribution >= 4 is 11.7 Å². The Kier molecular flexibility index (Phi) is 4.56. The van der Waals surface area contributed by atoms with Gasteiger partial charge in [-0.3, -0.25) is 4.98 Å². The topological polar surface area (TPSA) is 63.1 Å². The van der Waals surface area contributed by atoms with Crippen LogP contribution in [0.15, 0.2) is 67.3 Å². The summed E-state index contributed by atoms with van der Waals surface area (Å²) in [5, 5.41) is 7.14. The monoisotopic (exact) mass is 321 g/mol. The van der Waals surface area contributed by atoms with E-state index < -0.39 is 0 Å². The minimum absolute atomic E-state index is 0.0807. The lowest BCUT2D eigenvalue weighted by molar-refractivity contribution is 0.208. The first-order chi connectivity index (χ1) is 11.6. The van der Waals surface area contributed by atoms with Crippen LogP contribution in [0.4, 0.5) is 10.5 Å². The van der Waals surface area contributed by atoms with Crippen LogP contribution >= 0.6 is 0 Å². The number of hydrogen-bond acceptors (Lipinski definition) is 3. The summed E-state index contributed by atoms with van der Waals surface area (Å²) in [5.41, 5.74) is 2.57. The van der Waals surface area contributed by atoms with Crippen molar-refractivity contribution in [2.45, 2.75) is 13.0 Å². The van der Waals surface area contributed by atoms with E-state index >= 15 is 0 Å². The molecule has 1 aromatic carbocycles. The van der Waals surface area contributed by atoms with E-state index in [1.807, 2.05) is 49.4 Å². The average molecular weight is 321 g/mol. The van der Waals surface area contributed by atoms with Crippen LogP contribution in [0.25, 0.3) is 5.69 Å². The predicted octanol–water partition coefficient (Wildman–Crippen LogP) is 3.49. The minimum Gasteiger partial charge on any atom is -0.321 e. The van der Waals surface area contributed by atoms with Gasteiger partial charge in [0.05, 0.1) is 29.8 Å². The van der Waals surface area contributed by atoms with Crippen LogP contribution in [0, 0.1) is 0 Å². The summed E-state index contributed by atoms with van der Waals surface area (Å²) in [5.74, 6) is 0. The first-order valence-electron chi connectivity index (χ1n) is 7.69. The number of anilines is 1. The second-order valence-corrected chi connectivity index (χ2v) is 5.51. The molecular weight excluding hydrogens is 302 g/mol. The maximum Gasteiger partial charge on any atom is 0.322 e. The molecule has 0 saturated heterocycles. The number of rotatable bonds is 4. The molecule has 3 aromatic rings. The molecule has 2 amide bonds. The number of carbonyl (C=O) groups is 1. The van der Waals surface area contributed by atoms with Crippen molar-refractivity contribution < 1.29 is 4.79 Å². The Balaban J connectivity index is 1.68. The van der Waals surface area contributed by atoms with Gasteiger partial charge >= 0.3 is 6.03 Å². The number of benzene rings is 1. The quantitative estimate of drug-likeness (QED) is 0.800. The van der Waals surface area contributed by atoms with Gasteiger partial charge in [0.25, 0.3) is 0 Å². The molecule has 0 fully saturated rings. The maximum atomic E-state index is 12.4. The molecule has 0 radical (unpaired) electrons. The Labute approximate surface area is 140 Å². The highest BCUT2D eigenvalue weighted by molar-refractivity contribution is 5.89. The second-order valence-electron chi connectivity index (χ2n) is 5.51. The van der Waals surface area contributed by atoms with E-state index in [2.05, 4.69) is 15.4 Å². The lowest BCUT2D eigenvalue weighted by Gasteiger charge is -2.25. The molecule has 0 bridgehead atoms. The molecule has 2 aromatic heterocycles. The van der Waals surface area contributed by atoms with E-state index in [9.17, 15) is 4.79 Å². The van der Waals surface area contributed by atoms with Crippen LogP contribution in [0.1, 0.15) is 18.5 Å². The Morgan fingerprint density at radius 1 is 1.17 bits per heavy atom. The molecule has 1 atom stereocenters. The number of nitrogens with one attached hydrogen (secondary N) is 1. The number of nitrogens with zero attached hydrogens (tertiary/aromatic N) is 4. The number of pyridine rings is 1. The molecule has 0 saturated carbocycles. The second kappa shape index (κ2) is 6.95. The maximum absolute atomic E-state index is 12.4. The molecule has 0 spiro atoms. The highest BCUT2D eigenvalue weighted by atomic mass is 16.2. The summed E-state index contributed by atoms with van der Waals surface area (Å²) in [4.78, 5) is 18.2. The van der Waals surface area contributed by atoms with Gasteiger partial charge in [0.2, 0.25) is 0 Å². The number of hydrogen-bond donors (Lipinski definition) is 1. The van der Waals surface area contributed by atoms with E-state index in [1.165, 1.54) is 0 Å². The molecule has 122 valence electrons. The van der Waals surface area contributed by atoms with E-state index in [-0.39, 0.29) is 12.1 Å². The molecule has 1 N–H and O–H groups in total. The summed E-state index contributed by atoms with van der Waals surface area (Å²) in [6, 6.07) is 13.3. The largest absolute Gasteiger partial charge is 0.322 e. The molecule has 6 nitrogen and oxygen atoms in total. The first-order valence-corrected chi connectivity index (χ1v) is 7.69. The third-order valence-corrected chi connectivity index (χ3v) is 3.92. The Morgan fingerprint density at radius 3 is 2.67 bits per heavy atom. The van der Waals surface area contributed by atoms with Gasteiger partial charge in [0.1, 0.15) is 0 Å². The van der Waals surface area contributed by atoms with Gasteiger partial charge in [-0.2, -0.15) is 5.10 Å². The zero-order chi connectivity index (χ0) is 16.9. The summed E-state index contributed by atoms with van der Waals surface area (Å²) in [6.07, 6.45) is 6.90. The van der Waals surface area contributed by atoms with Crippen LogP contribution in [0.5, 0.6) is 0 Å². The van der Waals surface area contributed by atoms with Crippen LogP contribution < -0.4 is 5.32 Å². The molecule has 3 rings (SSSR count). The molecule has 24 heavy (non-hydrogen) atoms. The fourth-order valence-corrected chi connectivity index (χ4v) is 2.34. The number of aromatic nitrogens is 3. The van der Waals surface area contributed by atoms with Crippen molar-refractivity contribution in [3.63, 3.8) is 0 Å². The summed E-state index contributed by atoms with van der Waals surface area (Å²) >= 11 is 0. The Morgan fingerprint density at radius 2 is 1.96 bits per heavy atom. The molecule has 0 aliphatic heterocycles. The van der Waals surface area contributed by atoms with Crippen LogP contribution in [0.3, 0.4) is 0 Å². The van der Waals surface area contributed by atoms with Gasteiger partial charge in [0.15, 0.2) is 0 Å². The normalized spacial score (nSPS) is 11.8. The standard InChI is InChI=1S/C18H19N5O/c1-14(15-7-6-10-19-11-15)22(2)18(24)21-16-12-20-23(13-16)17-8-4-3-5-9-17/h3-14H,1-2H3,(H,21,24)/t14-/m0/s1. The zero-order valence-corrected chi connectivity index (χ0v) is 13.6. The van der Waals surface area contributed by atoms with Crippen molar-refractivity contribution in [3.05, 3.63) is 72.8 Å². The van der Waals surface area contributed by atoms with Crippen molar-refractivity contribution in [2.24, 2.45) is 0 Å². The van der Waals surface area contributed by atoms with Crippen LogP contribution in [0.2, 0.25) is 0 Å². The van der Waals surface area contributed by atoms with Crippen LogP contribution in [-0.4, -0.2) is 32.7 Å². The third-order valence-electron chi connectivity index (χ3n) is 3.92. The van der Waals surface area contributed by atoms with Gasteiger partial charge < -0.3 is 10.2 Å². The van der Waals surface area contributed by atoms with Crippen molar-refractivity contribution in [1.82, 2.24) is 19.7 Å². The molecule has 2 heterocycles. The van der Waals surface area contributed by atoms with Crippen molar-refractivity contribution in [3.8, 4) is 5.69 Å². The zero-order valence-electron chi connectivity index (χ0n) is 13.6. The molecule has 0 aliphatic carbocycles. The fraction of sp³-hybridized carbons (Fsp3) is 0.167. The van der Waals surface area contributed by atoms with E-state index in [1.54, 1.807) is 41.4 Å². The predicted molar refractivity (Wildman–Crippen MR) is 93.0 cm³/mol. The number of carbonyl (C=O) groups excluding carboxylic acids is 1. The SMILES string of the molecule is C[C@@H](c1cccnc1)N(C)C(=O)Nc1cnn(-c2ccccc2)c1. The van der Waals surface area contributed by atoms with Crippen molar-refractivity contribution in [1.29, 1.82) is 0 Å². The van der Waals surface area contributed by atoms with Gasteiger partial charge in [-0.05, 0) is 30.7 Å². The van der Waals surface area contributed by atoms with Gasteiger partial charge in [-0.15, -0.1) is 0 Å². The lowest BCUT2D eigenvalue weighted by Crippen LogP contribution is -2.33. The minimum atomic E-state index is -0.195. The first kappa shape index (κ1) is 15.7. The lowest BCUT2D eigenvalue weighted by atomic mass is 10.1. The number of urea groups is 1. The molecule has 0 unspecified atom stereocenters. The van der Waals surface area contributed by atoms with E-state index in [4.69, 9.17) is 0 Å². The van der Waals surface area contributed by atoms with E-state index in [0.29, 0.717) is 5.69 Å². The Hall–Kier alpha value is -3.15. The van der Waals surface area contributed by atoms with Gasteiger partial charge in [-0.1, -0.05) is 24.3 Å². The summed E-state index contributed by atoms with van der Waals surface area (Å²) < 4.78 is 1.72. The summed E-state index contributed by atoms with van der Waals surface area (Å²) in [6.45, 7) is 1.96. The highest BCUT2D eigenvalue weighted by Crippen LogP contribution is 2.19. The molecular formula is C18H19N5O. The number of amides is 2. The van der Waals surface area contributed by atoms with Crippen LogP contribution in [-0.2, 0) is 0 Å². The average Bonchev–Trinajstić information content (AvgIpc) is 3.10. The highest BCUT2D eigenvalue weighted by Gasteiger charge is 2.18. The number of para-hydroxylation sites is 1. The smallest absolute Gasteiger partial charge is 0.321 e. The van der Waals surface area contributed by atoms with E-state index in [0.717, 1.165) is 11.3 Å². The van der Waals surface area contributed by atoms with Crippen molar-refractivity contribution in [2.75, 3.05) is 12.4 Å². The molecule has 0 aliphatic rings. The van der Waals surface area contributed by atoms with Gasteiger partial charge in [-0.25, -0.2) is 9.48 Å². The van der Waals surface area contributed by atoms with Gasteiger partial charge in [0, 0.05) is 19.4 Å². The third kappa shape index (κ3) is 3.43.